The fraction of sp³-hybridized carbons (Fsp3) is 0.750. The zero-order valence-corrected chi connectivity index (χ0v) is 8.74. The van der Waals surface area contributed by atoms with E-state index in [9.17, 15) is 18.0 Å². The van der Waals surface area contributed by atoms with Crippen LogP contribution < -0.4 is 0 Å². The molecule has 2 atom stereocenters. The number of carboxylic acid groups (broad SMARTS) is 2. The second kappa shape index (κ2) is 4.18. The highest BCUT2D eigenvalue weighted by Gasteiger charge is 2.38. The number of carboxylic acids is 2. The summed E-state index contributed by atoms with van der Waals surface area (Å²) in [6.07, 6.45) is -0.397. The van der Waals surface area contributed by atoms with Gasteiger partial charge in [0.25, 0.3) is 0 Å². The number of rotatable bonds is 3. The normalized spacial score (nSPS) is 29.6. The molecule has 86 valence electrons. The van der Waals surface area contributed by atoms with E-state index < -0.39 is 40.0 Å². The average Bonchev–Trinajstić information content (AvgIpc) is 1.99. The van der Waals surface area contributed by atoms with Crippen molar-refractivity contribution in [2.24, 2.45) is 11.8 Å². The number of carbonyl (C=O) groups is 2. The number of hydrogen-bond donors (Lipinski definition) is 2. The van der Waals surface area contributed by atoms with E-state index >= 15 is 0 Å². The lowest BCUT2D eigenvalue weighted by Gasteiger charge is -2.26. The van der Waals surface area contributed by atoms with Crippen LogP contribution in [0.1, 0.15) is 12.8 Å². The van der Waals surface area contributed by atoms with Crippen LogP contribution in [0.15, 0.2) is 0 Å². The zero-order chi connectivity index (χ0) is 11.6. The van der Waals surface area contributed by atoms with Gasteiger partial charge in [0.05, 0.1) is 17.4 Å². The molecule has 0 radical (unpaired) electrons. The van der Waals surface area contributed by atoms with Gasteiger partial charge in [-0.3, -0.25) is 9.59 Å². The fourth-order valence-electron chi connectivity index (χ4n) is 1.82. The first-order chi connectivity index (χ1) is 6.82. The van der Waals surface area contributed by atoms with Crippen LogP contribution in [-0.4, -0.2) is 42.1 Å². The molecule has 0 amide bonds. The third-order valence-corrected chi connectivity index (χ3v) is 4.32. The van der Waals surface area contributed by atoms with Gasteiger partial charge in [-0.05, 0) is 12.3 Å². The summed E-state index contributed by atoms with van der Waals surface area (Å²) in [5.41, 5.74) is 0. The summed E-state index contributed by atoms with van der Waals surface area (Å²) in [6, 6.07) is 0. The van der Waals surface area contributed by atoms with E-state index in [1.807, 2.05) is 0 Å². The Morgan fingerprint density at radius 2 is 1.87 bits per heavy atom. The van der Waals surface area contributed by atoms with Gasteiger partial charge in [-0.25, -0.2) is 8.42 Å². The summed E-state index contributed by atoms with van der Waals surface area (Å²) in [6.45, 7) is 0. The highest BCUT2D eigenvalue weighted by atomic mass is 32.2. The number of hydrogen-bond acceptors (Lipinski definition) is 4. The second-order valence-electron chi connectivity index (χ2n) is 3.71. The molecule has 1 heterocycles. The van der Waals surface area contributed by atoms with Crippen LogP contribution in [0.4, 0.5) is 0 Å². The van der Waals surface area contributed by atoms with Crippen molar-refractivity contribution < 1.29 is 28.2 Å². The molecule has 1 aliphatic heterocycles. The number of sulfone groups is 1. The Morgan fingerprint density at radius 1 is 1.27 bits per heavy atom. The monoisotopic (exact) mass is 236 g/mol. The van der Waals surface area contributed by atoms with Crippen molar-refractivity contribution in [3.63, 3.8) is 0 Å². The minimum Gasteiger partial charge on any atom is -0.481 e. The van der Waals surface area contributed by atoms with Crippen LogP contribution in [0.2, 0.25) is 0 Å². The van der Waals surface area contributed by atoms with E-state index in [0.717, 1.165) is 0 Å². The molecule has 15 heavy (non-hydrogen) atoms. The molecule has 1 fully saturated rings. The molecule has 1 aliphatic rings. The Morgan fingerprint density at radius 3 is 2.33 bits per heavy atom. The standard InChI is InChI=1S/C8H12O6S/c9-7(10)3-5-4-15(13,14)2-1-6(5)8(11)12/h5-6H,1-4H2,(H,9,10)(H,11,12)/t5-,6+/m0/s1. The van der Waals surface area contributed by atoms with Crippen molar-refractivity contribution >= 4 is 21.8 Å². The topological polar surface area (TPSA) is 109 Å². The van der Waals surface area contributed by atoms with Crippen molar-refractivity contribution in [1.29, 1.82) is 0 Å². The number of aliphatic carboxylic acids is 2. The smallest absolute Gasteiger partial charge is 0.306 e. The Labute approximate surface area is 86.8 Å². The van der Waals surface area contributed by atoms with Gasteiger partial charge in [-0.15, -0.1) is 0 Å². The first-order valence-electron chi connectivity index (χ1n) is 4.47. The van der Waals surface area contributed by atoms with Gasteiger partial charge in [-0.1, -0.05) is 0 Å². The minimum atomic E-state index is -3.27. The van der Waals surface area contributed by atoms with Crippen LogP contribution in [0.3, 0.4) is 0 Å². The van der Waals surface area contributed by atoms with Crippen molar-refractivity contribution in [3.05, 3.63) is 0 Å². The van der Waals surface area contributed by atoms with E-state index in [4.69, 9.17) is 10.2 Å². The fourth-order valence-corrected chi connectivity index (χ4v) is 3.60. The maximum atomic E-state index is 11.2. The molecule has 0 aromatic rings. The molecule has 1 saturated heterocycles. The molecule has 2 N–H and O–H groups in total. The van der Waals surface area contributed by atoms with Gasteiger partial charge in [0.2, 0.25) is 0 Å². The molecule has 0 aliphatic carbocycles. The molecule has 0 spiro atoms. The lowest BCUT2D eigenvalue weighted by Crippen LogP contribution is -2.38. The quantitative estimate of drug-likeness (QED) is 0.690. The predicted octanol–water partition coefficient (Wildman–Crippen LogP) is -0.403. The molecular weight excluding hydrogens is 224 g/mol. The largest absolute Gasteiger partial charge is 0.481 e. The maximum Gasteiger partial charge on any atom is 0.306 e. The molecular formula is C8H12O6S. The Bertz CT molecular complexity index is 371. The van der Waals surface area contributed by atoms with E-state index in [-0.39, 0.29) is 17.9 Å². The van der Waals surface area contributed by atoms with Gasteiger partial charge in [0.15, 0.2) is 9.84 Å². The maximum absolute atomic E-state index is 11.2. The zero-order valence-electron chi connectivity index (χ0n) is 7.92. The molecule has 1 rings (SSSR count). The van der Waals surface area contributed by atoms with Crippen LogP contribution >= 0.6 is 0 Å². The van der Waals surface area contributed by atoms with E-state index in [0.29, 0.717) is 0 Å². The van der Waals surface area contributed by atoms with Crippen molar-refractivity contribution in [3.8, 4) is 0 Å². The third-order valence-electron chi connectivity index (χ3n) is 2.53. The summed E-state index contributed by atoms with van der Waals surface area (Å²) in [7, 11) is -3.27. The lowest BCUT2D eigenvalue weighted by atomic mass is 9.88. The summed E-state index contributed by atoms with van der Waals surface area (Å²) in [5, 5.41) is 17.4. The average molecular weight is 236 g/mol. The van der Waals surface area contributed by atoms with Crippen molar-refractivity contribution in [2.75, 3.05) is 11.5 Å². The minimum absolute atomic E-state index is 0.00954. The summed E-state index contributed by atoms with van der Waals surface area (Å²) in [5.74, 6) is -4.45. The van der Waals surface area contributed by atoms with Gasteiger partial charge < -0.3 is 10.2 Å². The van der Waals surface area contributed by atoms with E-state index in [1.165, 1.54) is 0 Å². The Kier molecular flexibility index (Phi) is 3.33. The van der Waals surface area contributed by atoms with E-state index in [1.54, 1.807) is 0 Å². The van der Waals surface area contributed by atoms with Gasteiger partial charge in [0.1, 0.15) is 0 Å². The van der Waals surface area contributed by atoms with Gasteiger partial charge in [0, 0.05) is 6.42 Å². The molecule has 0 unspecified atom stereocenters. The van der Waals surface area contributed by atoms with Gasteiger partial charge in [-0.2, -0.15) is 0 Å². The first kappa shape index (κ1) is 12.0. The summed E-state index contributed by atoms with van der Waals surface area (Å²) < 4.78 is 22.4. The molecule has 0 saturated carbocycles. The van der Waals surface area contributed by atoms with Crippen molar-refractivity contribution in [1.82, 2.24) is 0 Å². The third kappa shape index (κ3) is 3.19. The highest BCUT2D eigenvalue weighted by Crippen LogP contribution is 2.28. The van der Waals surface area contributed by atoms with Crippen LogP contribution in [0, 0.1) is 11.8 Å². The molecule has 0 aromatic heterocycles. The second-order valence-corrected chi connectivity index (χ2v) is 5.93. The van der Waals surface area contributed by atoms with Crippen LogP contribution in [0.5, 0.6) is 0 Å². The lowest BCUT2D eigenvalue weighted by molar-refractivity contribution is -0.145. The van der Waals surface area contributed by atoms with Crippen LogP contribution in [-0.2, 0) is 19.4 Å². The van der Waals surface area contributed by atoms with Crippen LogP contribution in [0.25, 0.3) is 0 Å². The SMILES string of the molecule is O=C(O)C[C@H]1CS(=O)(=O)CC[C@H]1C(=O)O. The molecule has 0 bridgehead atoms. The van der Waals surface area contributed by atoms with Gasteiger partial charge >= 0.3 is 11.9 Å². The highest BCUT2D eigenvalue weighted by molar-refractivity contribution is 7.91. The summed E-state index contributed by atoms with van der Waals surface area (Å²) >= 11 is 0. The summed E-state index contributed by atoms with van der Waals surface area (Å²) in [4.78, 5) is 21.2. The molecule has 6 nitrogen and oxygen atoms in total. The predicted molar refractivity (Wildman–Crippen MR) is 50.1 cm³/mol. The first-order valence-corrected chi connectivity index (χ1v) is 6.29. The molecule has 0 aromatic carbocycles. The molecule has 7 heteroatoms. The Hall–Kier alpha value is -1.11. The Balaban J connectivity index is 2.82. The van der Waals surface area contributed by atoms with E-state index in [2.05, 4.69) is 0 Å². The van der Waals surface area contributed by atoms with Crippen molar-refractivity contribution in [2.45, 2.75) is 12.8 Å².